The summed E-state index contributed by atoms with van der Waals surface area (Å²) in [6, 6.07) is 8.16. The standard InChI is InChI=1S/C25H20F3N5O2/c1-13-11-32(12-29-13)20-5-4-15(10-21(20)35-3)24-30-19-6-7-33(25(34)23(19)31-24)14(2)16-8-17(26)22(28)18(27)9-16/h4-12,14H,1-3H3,(H,30,31). The minimum Gasteiger partial charge on any atom is -0.495 e. The molecule has 7 nitrogen and oxygen atoms in total. The molecule has 0 fully saturated rings. The van der Waals surface area contributed by atoms with Crippen LogP contribution in [0.15, 0.2) is 59.9 Å². The Hall–Kier alpha value is -4.34. The molecule has 0 saturated carbocycles. The molecule has 0 aliphatic rings. The maximum Gasteiger partial charge on any atom is 0.279 e. The van der Waals surface area contributed by atoms with E-state index in [4.69, 9.17) is 4.74 Å². The van der Waals surface area contributed by atoms with Gasteiger partial charge in [-0.2, -0.15) is 0 Å². The fraction of sp³-hybridized carbons (Fsp3) is 0.160. The monoisotopic (exact) mass is 479 g/mol. The van der Waals surface area contributed by atoms with Crippen LogP contribution in [0, 0.1) is 24.4 Å². The number of ether oxygens (including phenoxy) is 1. The number of hydrogen-bond donors (Lipinski definition) is 1. The first kappa shape index (κ1) is 22.5. The second-order valence-electron chi connectivity index (χ2n) is 8.16. The van der Waals surface area contributed by atoms with Crippen LogP contribution in [0.4, 0.5) is 13.2 Å². The molecule has 0 bridgehead atoms. The zero-order valence-electron chi connectivity index (χ0n) is 19.0. The van der Waals surface area contributed by atoms with Crippen LogP contribution in [0.2, 0.25) is 0 Å². The second-order valence-corrected chi connectivity index (χ2v) is 8.16. The van der Waals surface area contributed by atoms with Crippen molar-refractivity contribution in [2.75, 3.05) is 7.11 Å². The van der Waals surface area contributed by atoms with Gasteiger partial charge in [0, 0.05) is 18.0 Å². The molecule has 2 aromatic carbocycles. The Morgan fingerprint density at radius 2 is 1.83 bits per heavy atom. The van der Waals surface area contributed by atoms with Crippen molar-refractivity contribution in [3.8, 4) is 22.8 Å². The fourth-order valence-corrected chi connectivity index (χ4v) is 4.03. The Morgan fingerprint density at radius 3 is 2.49 bits per heavy atom. The summed E-state index contributed by atoms with van der Waals surface area (Å²) in [6.07, 6.45) is 5.07. The highest BCUT2D eigenvalue weighted by Crippen LogP contribution is 2.30. The molecule has 3 aromatic heterocycles. The van der Waals surface area contributed by atoms with Crippen LogP contribution in [0.25, 0.3) is 28.1 Å². The van der Waals surface area contributed by atoms with E-state index in [2.05, 4.69) is 15.0 Å². The van der Waals surface area contributed by atoms with Crippen LogP contribution < -0.4 is 10.3 Å². The number of aryl methyl sites for hydroxylation is 1. The smallest absolute Gasteiger partial charge is 0.279 e. The van der Waals surface area contributed by atoms with E-state index in [-0.39, 0.29) is 11.1 Å². The van der Waals surface area contributed by atoms with Crippen LogP contribution in [-0.2, 0) is 0 Å². The van der Waals surface area contributed by atoms with Gasteiger partial charge >= 0.3 is 0 Å². The van der Waals surface area contributed by atoms with Gasteiger partial charge in [0.05, 0.1) is 36.4 Å². The molecule has 1 unspecified atom stereocenters. The van der Waals surface area contributed by atoms with Gasteiger partial charge in [0.15, 0.2) is 23.0 Å². The van der Waals surface area contributed by atoms with Gasteiger partial charge in [0.2, 0.25) is 0 Å². The Labute approximate surface area is 197 Å². The molecular formula is C25H20F3N5O2. The lowest BCUT2D eigenvalue weighted by atomic mass is 10.1. The third-order valence-electron chi connectivity index (χ3n) is 5.92. The zero-order chi connectivity index (χ0) is 24.9. The van der Waals surface area contributed by atoms with Crippen LogP contribution in [0.3, 0.4) is 0 Å². The number of nitrogens with zero attached hydrogens (tertiary/aromatic N) is 4. The van der Waals surface area contributed by atoms with E-state index >= 15 is 0 Å². The topological polar surface area (TPSA) is 77.7 Å². The Morgan fingerprint density at radius 1 is 1.09 bits per heavy atom. The average molecular weight is 479 g/mol. The normalized spacial score (nSPS) is 12.3. The van der Waals surface area contributed by atoms with E-state index in [0.717, 1.165) is 23.5 Å². The maximum atomic E-state index is 13.7. The number of aromatic amines is 1. The van der Waals surface area contributed by atoms with Crippen LogP contribution >= 0.6 is 0 Å². The summed E-state index contributed by atoms with van der Waals surface area (Å²) in [4.78, 5) is 25.0. The molecule has 5 rings (SSSR count). The van der Waals surface area contributed by atoms with Gasteiger partial charge < -0.3 is 18.9 Å². The van der Waals surface area contributed by atoms with Gasteiger partial charge in [0.25, 0.3) is 5.56 Å². The number of methoxy groups -OCH3 is 1. The quantitative estimate of drug-likeness (QED) is 0.363. The minimum atomic E-state index is -1.55. The van der Waals surface area contributed by atoms with Gasteiger partial charge in [-0.15, -0.1) is 0 Å². The van der Waals surface area contributed by atoms with E-state index in [1.54, 1.807) is 32.5 Å². The maximum absolute atomic E-state index is 13.7. The third kappa shape index (κ3) is 3.86. The molecule has 0 spiro atoms. The molecule has 5 aromatic rings. The Balaban J connectivity index is 1.55. The third-order valence-corrected chi connectivity index (χ3v) is 5.92. The van der Waals surface area contributed by atoms with Gasteiger partial charge in [0.1, 0.15) is 11.6 Å². The number of rotatable bonds is 5. The van der Waals surface area contributed by atoms with Crippen molar-refractivity contribution < 1.29 is 17.9 Å². The number of nitrogens with one attached hydrogen (secondary N) is 1. The summed E-state index contributed by atoms with van der Waals surface area (Å²) in [6.45, 7) is 3.48. The predicted molar refractivity (Wildman–Crippen MR) is 124 cm³/mol. The number of benzene rings is 2. The Bertz CT molecular complexity index is 1610. The number of hydrogen-bond acceptors (Lipinski definition) is 4. The summed E-state index contributed by atoms with van der Waals surface area (Å²) in [5, 5.41) is 0. The molecule has 3 heterocycles. The first-order valence-electron chi connectivity index (χ1n) is 10.7. The van der Waals surface area contributed by atoms with E-state index in [1.807, 2.05) is 29.8 Å². The van der Waals surface area contributed by atoms with Crippen molar-refractivity contribution in [2.45, 2.75) is 19.9 Å². The van der Waals surface area contributed by atoms with E-state index in [1.165, 1.54) is 10.8 Å². The molecule has 10 heteroatoms. The molecule has 0 aliphatic heterocycles. The molecule has 0 amide bonds. The lowest BCUT2D eigenvalue weighted by Gasteiger charge is -2.16. The minimum absolute atomic E-state index is 0.119. The van der Waals surface area contributed by atoms with Crippen molar-refractivity contribution in [2.24, 2.45) is 0 Å². The number of aromatic nitrogens is 5. The summed E-state index contributed by atoms with van der Waals surface area (Å²) >= 11 is 0. The average Bonchev–Trinajstić information content (AvgIpc) is 3.48. The molecule has 1 atom stereocenters. The summed E-state index contributed by atoms with van der Waals surface area (Å²) in [7, 11) is 1.56. The SMILES string of the molecule is COc1cc(-c2nc3c(=O)n(C(C)c4cc(F)c(F)c(F)c4)ccc3[nH]2)ccc1-n1cnc(C)c1. The van der Waals surface area contributed by atoms with Crippen LogP contribution in [0.5, 0.6) is 5.75 Å². The fourth-order valence-electron chi connectivity index (χ4n) is 4.03. The highest BCUT2D eigenvalue weighted by molar-refractivity contribution is 5.79. The highest BCUT2D eigenvalue weighted by atomic mass is 19.2. The van der Waals surface area contributed by atoms with Crippen LogP contribution in [-0.4, -0.2) is 31.2 Å². The molecule has 1 N–H and O–H groups in total. The summed E-state index contributed by atoms with van der Waals surface area (Å²) < 4.78 is 49.5. The van der Waals surface area contributed by atoms with Crippen molar-refractivity contribution in [3.05, 3.63) is 94.2 Å². The van der Waals surface area contributed by atoms with Gasteiger partial charge in [-0.1, -0.05) is 0 Å². The molecule has 178 valence electrons. The number of H-pyrrole nitrogens is 1. The number of halogens is 3. The molecule has 0 radical (unpaired) electrons. The molecule has 0 saturated heterocycles. The molecular weight excluding hydrogens is 459 g/mol. The zero-order valence-corrected chi connectivity index (χ0v) is 19.0. The number of fused-ring (bicyclic) bond motifs is 1. The first-order chi connectivity index (χ1) is 16.8. The molecule has 0 aliphatic carbocycles. The summed E-state index contributed by atoms with van der Waals surface area (Å²) in [5.74, 6) is -3.14. The van der Waals surface area contributed by atoms with E-state index in [9.17, 15) is 18.0 Å². The number of pyridine rings is 1. The van der Waals surface area contributed by atoms with Crippen molar-refractivity contribution in [1.82, 2.24) is 24.1 Å². The number of imidazole rings is 2. The summed E-state index contributed by atoms with van der Waals surface area (Å²) in [5.41, 5.74) is 2.67. The first-order valence-corrected chi connectivity index (χ1v) is 10.7. The Kier molecular flexibility index (Phi) is 5.43. The van der Waals surface area contributed by atoms with Crippen molar-refractivity contribution in [1.29, 1.82) is 0 Å². The highest BCUT2D eigenvalue weighted by Gasteiger charge is 2.19. The van der Waals surface area contributed by atoms with Gasteiger partial charge in [-0.25, -0.2) is 23.1 Å². The van der Waals surface area contributed by atoms with Crippen molar-refractivity contribution in [3.63, 3.8) is 0 Å². The largest absolute Gasteiger partial charge is 0.495 e. The van der Waals surface area contributed by atoms with Crippen LogP contribution in [0.1, 0.15) is 24.2 Å². The molecule has 35 heavy (non-hydrogen) atoms. The lowest BCUT2D eigenvalue weighted by Crippen LogP contribution is -2.23. The van der Waals surface area contributed by atoms with Gasteiger partial charge in [-0.05, 0) is 55.8 Å². The van der Waals surface area contributed by atoms with E-state index in [0.29, 0.717) is 22.7 Å². The predicted octanol–water partition coefficient (Wildman–Crippen LogP) is 4.92. The van der Waals surface area contributed by atoms with Crippen molar-refractivity contribution >= 4 is 11.0 Å². The van der Waals surface area contributed by atoms with Gasteiger partial charge in [-0.3, -0.25) is 4.79 Å². The second kappa shape index (κ2) is 8.46. The van der Waals surface area contributed by atoms with E-state index < -0.39 is 29.1 Å². The lowest BCUT2D eigenvalue weighted by molar-refractivity contribution is 0.413.